The van der Waals surface area contributed by atoms with Crippen molar-refractivity contribution < 1.29 is 37.3 Å². The summed E-state index contributed by atoms with van der Waals surface area (Å²) in [5, 5.41) is 7.12. The summed E-state index contributed by atoms with van der Waals surface area (Å²) in [5.74, 6) is -2.93. The number of methoxy groups -OCH3 is 1. The van der Waals surface area contributed by atoms with E-state index in [9.17, 15) is 18.0 Å². The lowest BCUT2D eigenvalue weighted by Gasteiger charge is -1.99. The molecule has 0 spiro atoms. The van der Waals surface area contributed by atoms with Crippen molar-refractivity contribution >= 4 is 11.9 Å². The van der Waals surface area contributed by atoms with E-state index in [1.807, 2.05) is 0 Å². The van der Waals surface area contributed by atoms with Crippen LogP contribution in [-0.4, -0.2) is 43.5 Å². The number of hydrogen-bond acceptors (Lipinski definition) is 4. The first-order valence-corrected chi connectivity index (χ1v) is 4.20. The van der Waals surface area contributed by atoms with Crippen molar-refractivity contribution in [3.63, 3.8) is 0 Å². The van der Waals surface area contributed by atoms with E-state index < -0.39 is 12.1 Å². The minimum Gasteiger partial charge on any atom is -0.475 e. The number of alkyl halides is 3. The summed E-state index contributed by atoms with van der Waals surface area (Å²) in [6.45, 7) is 2.60. The van der Waals surface area contributed by atoms with Crippen LogP contribution in [0.25, 0.3) is 0 Å². The van der Waals surface area contributed by atoms with Crippen LogP contribution in [0.2, 0.25) is 0 Å². The minimum atomic E-state index is -5.08. The van der Waals surface area contributed by atoms with E-state index in [0.29, 0.717) is 19.6 Å². The highest BCUT2D eigenvalue weighted by atomic mass is 19.4. The Morgan fingerprint density at radius 3 is 1.94 bits per heavy atom. The fourth-order valence-corrected chi connectivity index (χ4v) is 0.341. The second-order valence-corrected chi connectivity index (χ2v) is 2.37. The molecule has 0 rings (SSSR count). The Balaban J connectivity index is 0. The molecule has 0 aromatic heterocycles. The second-order valence-electron chi connectivity index (χ2n) is 2.37. The van der Waals surface area contributed by atoms with Crippen molar-refractivity contribution in [3.05, 3.63) is 0 Å². The van der Waals surface area contributed by atoms with E-state index in [2.05, 4.69) is 9.47 Å². The molecule has 5 nitrogen and oxygen atoms in total. The molecule has 0 amide bonds. The Morgan fingerprint density at radius 1 is 1.25 bits per heavy atom. The minimum absolute atomic E-state index is 0.174. The first-order valence-electron chi connectivity index (χ1n) is 4.20. The number of rotatable bonds is 4. The third kappa shape index (κ3) is 12.7. The molecule has 0 radical (unpaired) electrons. The van der Waals surface area contributed by atoms with Crippen LogP contribution in [0.5, 0.6) is 0 Å². The Hall–Kier alpha value is -1.31. The lowest BCUT2D eigenvalue weighted by molar-refractivity contribution is -0.192. The molecule has 0 aliphatic heterocycles. The molecular formula is C8H13F3O5. The maximum Gasteiger partial charge on any atom is 0.490 e. The van der Waals surface area contributed by atoms with Crippen LogP contribution in [0.15, 0.2) is 0 Å². The Morgan fingerprint density at radius 2 is 1.69 bits per heavy atom. The topological polar surface area (TPSA) is 72.8 Å². The molecule has 0 bridgehead atoms. The van der Waals surface area contributed by atoms with Crippen LogP contribution in [0.1, 0.15) is 13.3 Å². The average Bonchev–Trinajstić information content (AvgIpc) is 2.17. The predicted octanol–water partition coefficient (Wildman–Crippen LogP) is 1.22. The predicted molar refractivity (Wildman–Crippen MR) is 46.8 cm³/mol. The van der Waals surface area contributed by atoms with Crippen LogP contribution in [0, 0.1) is 0 Å². The number of aliphatic carboxylic acids is 1. The molecule has 0 aromatic rings. The van der Waals surface area contributed by atoms with E-state index in [0.717, 1.165) is 0 Å². The lowest BCUT2D eigenvalue weighted by Crippen LogP contribution is -2.21. The van der Waals surface area contributed by atoms with Gasteiger partial charge in [0.25, 0.3) is 0 Å². The summed E-state index contributed by atoms with van der Waals surface area (Å²) in [5.41, 5.74) is 0. The van der Waals surface area contributed by atoms with Gasteiger partial charge in [0, 0.05) is 13.5 Å². The molecular weight excluding hydrogens is 233 g/mol. The molecule has 0 heterocycles. The van der Waals surface area contributed by atoms with Gasteiger partial charge in [-0.25, -0.2) is 4.79 Å². The molecule has 16 heavy (non-hydrogen) atoms. The van der Waals surface area contributed by atoms with Crippen molar-refractivity contribution in [1.29, 1.82) is 0 Å². The van der Waals surface area contributed by atoms with Gasteiger partial charge < -0.3 is 14.6 Å². The van der Waals surface area contributed by atoms with Gasteiger partial charge in [-0.05, 0) is 0 Å². The molecule has 0 saturated carbocycles. The quantitative estimate of drug-likeness (QED) is 0.596. The van der Waals surface area contributed by atoms with Gasteiger partial charge in [0.2, 0.25) is 0 Å². The number of esters is 1. The fraction of sp³-hybridized carbons (Fsp3) is 0.750. The van der Waals surface area contributed by atoms with Crippen LogP contribution in [0.3, 0.4) is 0 Å². The maximum atomic E-state index is 10.6. The summed E-state index contributed by atoms with van der Waals surface area (Å²) in [4.78, 5) is 19.3. The van der Waals surface area contributed by atoms with E-state index in [1.54, 1.807) is 14.0 Å². The van der Waals surface area contributed by atoms with Gasteiger partial charge in [0.05, 0.1) is 6.61 Å². The molecule has 0 atom stereocenters. The zero-order valence-corrected chi connectivity index (χ0v) is 8.84. The first-order chi connectivity index (χ1) is 7.25. The van der Waals surface area contributed by atoms with Crippen molar-refractivity contribution in [1.82, 2.24) is 0 Å². The van der Waals surface area contributed by atoms with Gasteiger partial charge in [-0.1, -0.05) is 6.92 Å². The van der Waals surface area contributed by atoms with Gasteiger partial charge in [-0.15, -0.1) is 0 Å². The maximum absolute atomic E-state index is 10.6. The van der Waals surface area contributed by atoms with Crippen molar-refractivity contribution in [2.75, 3.05) is 20.3 Å². The van der Waals surface area contributed by atoms with Crippen LogP contribution in [-0.2, 0) is 19.1 Å². The summed E-state index contributed by atoms with van der Waals surface area (Å²) in [6, 6.07) is 0. The van der Waals surface area contributed by atoms with Gasteiger partial charge in [-0.3, -0.25) is 4.79 Å². The third-order valence-electron chi connectivity index (χ3n) is 1.08. The molecule has 0 aromatic carbocycles. The number of carbonyl (C=O) groups is 2. The first kappa shape index (κ1) is 17.1. The number of ether oxygens (including phenoxy) is 2. The molecule has 0 fully saturated rings. The Labute approximate surface area is 90.1 Å². The summed E-state index contributed by atoms with van der Waals surface area (Å²) in [6.07, 6.45) is -4.65. The largest absolute Gasteiger partial charge is 0.490 e. The van der Waals surface area contributed by atoms with E-state index in [-0.39, 0.29) is 5.97 Å². The third-order valence-corrected chi connectivity index (χ3v) is 1.08. The van der Waals surface area contributed by atoms with E-state index in [4.69, 9.17) is 9.90 Å². The van der Waals surface area contributed by atoms with Crippen LogP contribution >= 0.6 is 0 Å². The van der Waals surface area contributed by atoms with Crippen molar-refractivity contribution in [2.24, 2.45) is 0 Å². The average molecular weight is 246 g/mol. The summed E-state index contributed by atoms with van der Waals surface area (Å²) >= 11 is 0. The highest BCUT2D eigenvalue weighted by molar-refractivity contribution is 5.73. The lowest BCUT2D eigenvalue weighted by atomic mass is 10.5. The SMILES string of the molecule is CCC(=O)OCCOC.O=C(O)C(F)(F)F. The normalized spacial score (nSPS) is 10.1. The molecule has 0 aliphatic carbocycles. The van der Waals surface area contributed by atoms with Gasteiger partial charge in [0.1, 0.15) is 6.61 Å². The number of carboxylic acid groups (broad SMARTS) is 1. The Bertz CT molecular complexity index is 214. The number of carboxylic acids is 1. The van der Waals surface area contributed by atoms with Gasteiger partial charge in [0.15, 0.2) is 0 Å². The van der Waals surface area contributed by atoms with Gasteiger partial charge >= 0.3 is 18.1 Å². The van der Waals surface area contributed by atoms with E-state index in [1.165, 1.54) is 0 Å². The number of halogens is 3. The standard InChI is InChI=1S/C6H12O3.C2HF3O2/c1-3-6(7)9-5-4-8-2;3-2(4,5)1(6)7/h3-5H2,1-2H3;(H,6,7). The number of carbonyl (C=O) groups excluding carboxylic acids is 1. The zero-order valence-electron chi connectivity index (χ0n) is 8.84. The summed E-state index contributed by atoms with van der Waals surface area (Å²) in [7, 11) is 1.57. The fourth-order valence-electron chi connectivity index (χ4n) is 0.341. The molecule has 0 saturated heterocycles. The zero-order chi connectivity index (χ0) is 13.2. The van der Waals surface area contributed by atoms with E-state index >= 15 is 0 Å². The van der Waals surface area contributed by atoms with Crippen molar-refractivity contribution in [2.45, 2.75) is 19.5 Å². The molecule has 8 heteroatoms. The molecule has 1 N–H and O–H groups in total. The van der Waals surface area contributed by atoms with Crippen LogP contribution in [0.4, 0.5) is 13.2 Å². The highest BCUT2D eigenvalue weighted by Gasteiger charge is 2.38. The van der Waals surface area contributed by atoms with Crippen LogP contribution < -0.4 is 0 Å². The monoisotopic (exact) mass is 246 g/mol. The smallest absolute Gasteiger partial charge is 0.475 e. The Kier molecular flexibility index (Phi) is 9.57. The second kappa shape index (κ2) is 8.96. The highest BCUT2D eigenvalue weighted by Crippen LogP contribution is 2.13. The molecule has 96 valence electrons. The molecule has 0 aliphatic rings. The number of hydrogen-bond donors (Lipinski definition) is 1. The van der Waals surface area contributed by atoms with Crippen molar-refractivity contribution in [3.8, 4) is 0 Å². The van der Waals surface area contributed by atoms with Gasteiger partial charge in [-0.2, -0.15) is 13.2 Å². The molecule has 0 unspecified atom stereocenters. The summed E-state index contributed by atoms with van der Waals surface area (Å²) < 4.78 is 41.1.